The molecule has 0 aliphatic carbocycles. The van der Waals surface area contributed by atoms with Gasteiger partial charge in [-0.3, -0.25) is 4.90 Å². The predicted molar refractivity (Wildman–Crippen MR) is 89.4 cm³/mol. The molecule has 3 heterocycles. The first-order valence-electron chi connectivity index (χ1n) is 8.31. The van der Waals surface area contributed by atoms with Crippen LogP contribution in [0.1, 0.15) is 43.5 Å². The molecule has 7 nitrogen and oxygen atoms in total. The maximum atomic E-state index is 8.86. The summed E-state index contributed by atoms with van der Waals surface area (Å²) in [5.41, 5.74) is 0.591. The SMILES string of the molecule is CC(C)c1nc(CN2CCCN(c3ccc(C#N)cn3)CC2)no1. The first-order chi connectivity index (χ1) is 11.7. The topological polar surface area (TPSA) is 82.1 Å². The van der Waals surface area contributed by atoms with Crippen molar-refractivity contribution in [1.82, 2.24) is 20.0 Å². The maximum Gasteiger partial charge on any atom is 0.229 e. The van der Waals surface area contributed by atoms with Crippen molar-refractivity contribution >= 4 is 5.82 Å². The molecule has 0 unspecified atom stereocenters. The van der Waals surface area contributed by atoms with Crippen LogP contribution in [0, 0.1) is 11.3 Å². The van der Waals surface area contributed by atoms with E-state index < -0.39 is 0 Å². The summed E-state index contributed by atoms with van der Waals surface area (Å²) < 4.78 is 5.28. The van der Waals surface area contributed by atoms with Gasteiger partial charge in [-0.25, -0.2) is 4.98 Å². The number of hydrogen-bond donors (Lipinski definition) is 0. The summed E-state index contributed by atoms with van der Waals surface area (Å²) in [5.74, 6) is 2.64. The van der Waals surface area contributed by atoms with Crippen molar-refractivity contribution in [1.29, 1.82) is 5.26 Å². The minimum absolute atomic E-state index is 0.258. The minimum Gasteiger partial charge on any atom is -0.355 e. The lowest BCUT2D eigenvalue weighted by atomic mass is 10.2. The summed E-state index contributed by atoms with van der Waals surface area (Å²) in [6, 6.07) is 5.84. The number of anilines is 1. The first-order valence-corrected chi connectivity index (χ1v) is 8.31. The standard InChI is InChI=1S/C17H22N6O/c1-13(2)17-20-15(21-24-17)12-22-6-3-7-23(9-8-22)16-5-4-14(10-18)11-19-16/h4-5,11,13H,3,6-9,12H2,1-2H3. The van der Waals surface area contributed by atoms with Crippen LogP contribution in [-0.4, -0.2) is 46.2 Å². The van der Waals surface area contributed by atoms with Gasteiger partial charge in [0.2, 0.25) is 5.89 Å². The molecule has 7 heteroatoms. The third kappa shape index (κ3) is 3.89. The van der Waals surface area contributed by atoms with Crippen LogP contribution in [0.4, 0.5) is 5.82 Å². The summed E-state index contributed by atoms with van der Waals surface area (Å²) in [6.45, 7) is 8.58. The summed E-state index contributed by atoms with van der Waals surface area (Å²) in [5, 5.41) is 12.9. The quantitative estimate of drug-likeness (QED) is 0.851. The number of aromatic nitrogens is 3. The van der Waals surface area contributed by atoms with E-state index in [9.17, 15) is 0 Å². The van der Waals surface area contributed by atoms with Crippen molar-refractivity contribution in [2.75, 3.05) is 31.1 Å². The Kier molecular flexibility index (Phi) is 5.06. The van der Waals surface area contributed by atoms with Crippen LogP contribution in [0.15, 0.2) is 22.9 Å². The fraction of sp³-hybridized carbons (Fsp3) is 0.529. The first kappa shape index (κ1) is 16.4. The van der Waals surface area contributed by atoms with E-state index in [4.69, 9.17) is 9.78 Å². The van der Waals surface area contributed by atoms with Gasteiger partial charge in [0.1, 0.15) is 11.9 Å². The molecule has 24 heavy (non-hydrogen) atoms. The van der Waals surface area contributed by atoms with Crippen LogP contribution in [0.2, 0.25) is 0 Å². The highest BCUT2D eigenvalue weighted by Crippen LogP contribution is 2.16. The molecule has 2 aromatic rings. The molecular weight excluding hydrogens is 304 g/mol. The van der Waals surface area contributed by atoms with Gasteiger partial charge in [-0.1, -0.05) is 19.0 Å². The van der Waals surface area contributed by atoms with E-state index in [0.717, 1.165) is 44.2 Å². The highest BCUT2D eigenvalue weighted by Gasteiger charge is 2.18. The lowest BCUT2D eigenvalue weighted by molar-refractivity contribution is 0.271. The van der Waals surface area contributed by atoms with E-state index in [0.29, 0.717) is 18.0 Å². The molecule has 1 aliphatic rings. The highest BCUT2D eigenvalue weighted by atomic mass is 16.5. The van der Waals surface area contributed by atoms with Gasteiger partial charge in [-0.15, -0.1) is 0 Å². The zero-order valence-electron chi connectivity index (χ0n) is 14.1. The van der Waals surface area contributed by atoms with Crippen LogP contribution in [-0.2, 0) is 6.54 Å². The summed E-state index contributed by atoms with van der Waals surface area (Å²) in [4.78, 5) is 13.5. The van der Waals surface area contributed by atoms with E-state index in [1.54, 1.807) is 6.20 Å². The van der Waals surface area contributed by atoms with Crippen LogP contribution >= 0.6 is 0 Å². The third-order valence-electron chi connectivity index (χ3n) is 4.13. The molecule has 0 saturated carbocycles. The van der Waals surface area contributed by atoms with E-state index in [1.165, 1.54) is 0 Å². The fourth-order valence-corrected chi connectivity index (χ4v) is 2.76. The summed E-state index contributed by atoms with van der Waals surface area (Å²) >= 11 is 0. The molecular formula is C17H22N6O. The molecule has 0 spiro atoms. The Labute approximate surface area is 141 Å². The molecule has 0 N–H and O–H groups in total. The largest absolute Gasteiger partial charge is 0.355 e. The van der Waals surface area contributed by atoms with Crippen molar-refractivity contribution in [2.45, 2.75) is 32.7 Å². The van der Waals surface area contributed by atoms with E-state index in [2.05, 4.69) is 31.0 Å². The zero-order chi connectivity index (χ0) is 16.9. The van der Waals surface area contributed by atoms with Gasteiger partial charge in [0.25, 0.3) is 0 Å². The number of nitriles is 1. The second-order valence-electron chi connectivity index (χ2n) is 6.34. The van der Waals surface area contributed by atoms with Crippen LogP contribution in [0.3, 0.4) is 0 Å². The van der Waals surface area contributed by atoms with E-state index in [-0.39, 0.29) is 5.92 Å². The predicted octanol–water partition coefficient (Wildman–Crippen LogP) is 2.17. The monoisotopic (exact) mass is 326 g/mol. The van der Waals surface area contributed by atoms with Gasteiger partial charge in [0, 0.05) is 38.3 Å². The molecule has 0 bridgehead atoms. The Morgan fingerprint density at radius 3 is 2.79 bits per heavy atom. The highest BCUT2D eigenvalue weighted by molar-refractivity contribution is 5.42. The number of rotatable bonds is 4. The smallest absolute Gasteiger partial charge is 0.229 e. The third-order valence-corrected chi connectivity index (χ3v) is 4.13. The van der Waals surface area contributed by atoms with Gasteiger partial charge in [0.15, 0.2) is 5.82 Å². The molecule has 0 atom stereocenters. The van der Waals surface area contributed by atoms with Crippen LogP contribution < -0.4 is 4.90 Å². The zero-order valence-corrected chi connectivity index (χ0v) is 14.1. The van der Waals surface area contributed by atoms with Crippen molar-refractivity contribution in [3.63, 3.8) is 0 Å². The number of pyridine rings is 1. The Hall–Kier alpha value is -2.46. The van der Waals surface area contributed by atoms with Gasteiger partial charge in [0.05, 0.1) is 12.1 Å². The second kappa shape index (κ2) is 7.41. The van der Waals surface area contributed by atoms with E-state index >= 15 is 0 Å². The second-order valence-corrected chi connectivity index (χ2v) is 6.34. The van der Waals surface area contributed by atoms with Crippen molar-refractivity contribution < 1.29 is 4.52 Å². The summed E-state index contributed by atoms with van der Waals surface area (Å²) in [7, 11) is 0. The lowest BCUT2D eigenvalue weighted by Crippen LogP contribution is -2.31. The average Bonchev–Trinajstić information content (AvgIpc) is 2.94. The van der Waals surface area contributed by atoms with Gasteiger partial charge in [-0.2, -0.15) is 10.2 Å². The Balaban J connectivity index is 1.59. The number of hydrogen-bond acceptors (Lipinski definition) is 7. The minimum atomic E-state index is 0.258. The normalized spacial score (nSPS) is 16.2. The summed E-state index contributed by atoms with van der Waals surface area (Å²) in [6.07, 6.45) is 2.68. The Morgan fingerprint density at radius 2 is 2.12 bits per heavy atom. The van der Waals surface area contributed by atoms with Crippen molar-refractivity contribution in [3.05, 3.63) is 35.6 Å². The number of nitrogens with zero attached hydrogens (tertiary/aromatic N) is 6. The molecule has 2 aromatic heterocycles. The molecule has 1 saturated heterocycles. The van der Waals surface area contributed by atoms with Crippen LogP contribution in [0.25, 0.3) is 0 Å². The van der Waals surface area contributed by atoms with E-state index in [1.807, 2.05) is 26.0 Å². The van der Waals surface area contributed by atoms with Gasteiger partial charge in [-0.05, 0) is 18.6 Å². The molecule has 0 amide bonds. The Bertz CT molecular complexity index is 703. The van der Waals surface area contributed by atoms with Gasteiger partial charge < -0.3 is 9.42 Å². The Morgan fingerprint density at radius 1 is 1.25 bits per heavy atom. The lowest BCUT2D eigenvalue weighted by Gasteiger charge is -2.22. The molecule has 0 radical (unpaired) electrons. The molecule has 126 valence electrons. The van der Waals surface area contributed by atoms with Crippen LogP contribution in [0.5, 0.6) is 0 Å². The fourth-order valence-electron chi connectivity index (χ4n) is 2.76. The molecule has 0 aromatic carbocycles. The van der Waals surface area contributed by atoms with Gasteiger partial charge >= 0.3 is 0 Å². The molecule has 1 aliphatic heterocycles. The van der Waals surface area contributed by atoms with Crippen molar-refractivity contribution in [3.8, 4) is 6.07 Å². The molecule has 1 fully saturated rings. The maximum absolute atomic E-state index is 8.86. The average molecular weight is 326 g/mol. The van der Waals surface area contributed by atoms with Crippen molar-refractivity contribution in [2.24, 2.45) is 0 Å². The molecule has 3 rings (SSSR count).